The maximum Gasteiger partial charge on any atom is 0.241 e. The number of carbonyl (C=O) groups is 1. The fourth-order valence-corrected chi connectivity index (χ4v) is 4.24. The smallest absolute Gasteiger partial charge is 0.241 e. The first-order valence-electron chi connectivity index (χ1n) is 11.6. The van der Waals surface area contributed by atoms with E-state index in [1.807, 2.05) is 0 Å². The highest BCUT2D eigenvalue weighted by atomic mass is 16.2. The molecule has 1 amide bonds. The summed E-state index contributed by atoms with van der Waals surface area (Å²) < 4.78 is 0. The summed E-state index contributed by atoms with van der Waals surface area (Å²) in [6.07, 6.45) is 9.25. The lowest BCUT2D eigenvalue weighted by atomic mass is 9.89. The Morgan fingerprint density at radius 2 is 1.67 bits per heavy atom. The Morgan fingerprint density at radius 1 is 1.00 bits per heavy atom. The number of hydrogen-bond acceptors (Lipinski definition) is 3. The van der Waals surface area contributed by atoms with Gasteiger partial charge in [-0.05, 0) is 55.8 Å². The number of aliphatic imine (C=N–C) groups is 1. The lowest BCUT2D eigenvalue weighted by molar-refractivity contribution is -0.127. The molecule has 0 radical (unpaired) electrons. The monoisotopic (exact) mass is 413 g/mol. The van der Waals surface area contributed by atoms with E-state index in [1.54, 1.807) is 19.0 Å². The van der Waals surface area contributed by atoms with Gasteiger partial charge < -0.3 is 15.5 Å². The molecule has 1 saturated carbocycles. The van der Waals surface area contributed by atoms with E-state index in [4.69, 9.17) is 4.99 Å². The molecule has 2 N–H and O–H groups in total. The largest absolute Gasteiger partial charge is 0.356 e. The van der Waals surface area contributed by atoms with Crippen LogP contribution in [0.5, 0.6) is 0 Å². The number of benzene rings is 1. The molecule has 0 aromatic heterocycles. The Hall–Kier alpha value is -2.08. The van der Waals surface area contributed by atoms with Crippen LogP contribution in [0.25, 0.3) is 0 Å². The summed E-state index contributed by atoms with van der Waals surface area (Å²) in [5, 5.41) is 6.69. The van der Waals surface area contributed by atoms with Crippen LogP contribution in [0.3, 0.4) is 0 Å². The predicted molar refractivity (Wildman–Crippen MR) is 123 cm³/mol. The number of nitrogens with zero attached hydrogens (tertiary/aromatic N) is 3. The average Bonchev–Trinajstić information content (AvgIpc) is 3.27. The minimum Gasteiger partial charge on any atom is -0.356 e. The number of rotatable bonds is 8. The van der Waals surface area contributed by atoms with E-state index in [0.29, 0.717) is 12.5 Å². The van der Waals surface area contributed by atoms with Crippen molar-refractivity contribution in [2.45, 2.75) is 58.0 Å². The van der Waals surface area contributed by atoms with Gasteiger partial charge in [0.15, 0.2) is 5.96 Å². The number of likely N-dealkylation sites (N-methyl/N-ethyl adjacent to an activating group) is 1. The Bertz CT molecular complexity index is 673. The molecule has 1 aromatic carbocycles. The maximum absolute atomic E-state index is 12.0. The molecule has 0 bridgehead atoms. The SMILES string of the molecule is CN(C)C(=O)CNC(=NCc1ccc(CN2CCCC2)cc1)NCC1CCCCC1. The van der Waals surface area contributed by atoms with Crippen molar-refractivity contribution in [2.24, 2.45) is 10.9 Å². The van der Waals surface area contributed by atoms with Gasteiger partial charge in [0.2, 0.25) is 5.91 Å². The van der Waals surface area contributed by atoms with Crippen LogP contribution in [0.4, 0.5) is 0 Å². The van der Waals surface area contributed by atoms with Crippen LogP contribution >= 0.6 is 0 Å². The molecule has 1 aliphatic carbocycles. The average molecular weight is 414 g/mol. The summed E-state index contributed by atoms with van der Waals surface area (Å²) in [5.41, 5.74) is 2.56. The molecule has 2 aliphatic rings. The van der Waals surface area contributed by atoms with Crippen molar-refractivity contribution >= 4 is 11.9 Å². The van der Waals surface area contributed by atoms with E-state index in [1.165, 1.54) is 69.2 Å². The van der Waals surface area contributed by atoms with Crippen molar-refractivity contribution in [3.63, 3.8) is 0 Å². The fraction of sp³-hybridized carbons (Fsp3) is 0.667. The zero-order valence-corrected chi connectivity index (χ0v) is 18.8. The summed E-state index contributed by atoms with van der Waals surface area (Å²) in [4.78, 5) is 20.9. The van der Waals surface area contributed by atoms with Crippen LogP contribution in [0, 0.1) is 5.92 Å². The molecule has 1 aliphatic heterocycles. The molecule has 0 spiro atoms. The molecule has 6 heteroatoms. The first kappa shape index (κ1) is 22.6. The second-order valence-electron chi connectivity index (χ2n) is 8.99. The Morgan fingerprint density at radius 3 is 2.33 bits per heavy atom. The molecule has 2 fully saturated rings. The van der Waals surface area contributed by atoms with Gasteiger partial charge in [0.1, 0.15) is 0 Å². The van der Waals surface area contributed by atoms with Crippen LogP contribution in [0.15, 0.2) is 29.3 Å². The van der Waals surface area contributed by atoms with Gasteiger partial charge >= 0.3 is 0 Å². The number of carbonyl (C=O) groups excluding carboxylic acids is 1. The Labute approximate surface area is 182 Å². The van der Waals surface area contributed by atoms with Crippen LogP contribution in [-0.2, 0) is 17.9 Å². The van der Waals surface area contributed by atoms with Crippen molar-refractivity contribution in [3.05, 3.63) is 35.4 Å². The van der Waals surface area contributed by atoms with Gasteiger partial charge in [-0.25, -0.2) is 4.99 Å². The minimum atomic E-state index is 0.0495. The quantitative estimate of drug-likeness (QED) is 0.508. The first-order valence-corrected chi connectivity index (χ1v) is 11.6. The van der Waals surface area contributed by atoms with Crippen molar-refractivity contribution < 1.29 is 4.79 Å². The van der Waals surface area contributed by atoms with Gasteiger partial charge in [0.05, 0.1) is 13.1 Å². The van der Waals surface area contributed by atoms with E-state index in [2.05, 4.69) is 39.8 Å². The third-order valence-corrected chi connectivity index (χ3v) is 6.24. The predicted octanol–water partition coefficient (Wildman–Crippen LogP) is 2.99. The summed E-state index contributed by atoms with van der Waals surface area (Å²) in [6, 6.07) is 8.81. The van der Waals surface area contributed by atoms with Gasteiger partial charge in [-0.2, -0.15) is 0 Å². The number of hydrogen-bond donors (Lipinski definition) is 2. The molecule has 1 heterocycles. The minimum absolute atomic E-state index is 0.0495. The lowest BCUT2D eigenvalue weighted by Gasteiger charge is -2.23. The van der Waals surface area contributed by atoms with Crippen molar-refractivity contribution in [1.82, 2.24) is 20.4 Å². The van der Waals surface area contributed by atoms with Gasteiger partial charge in [-0.3, -0.25) is 9.69 Å². The molecular weight excluding hydrogens is 374 g/mol. The van der Waals surface area contributed by atoms with E-state index in [9.17, 15) is 4.79 Å². The summed E-state index contributed by atoms with van der Waals surface area (Å²) in [6.45, 7) is 5.29. The molecule has 30 heavy (non-hydrogen) atoms. The highest BCUT2D eigenvalue weighted by molar-refractivity contribution is 5.86. The number of guanidine groups is 1. The van der Waals surface area contributed by atoms with E-state index in [0.717, 1.165) is 19.0 Å². The van der Waals surface area contributed by atoms with Crippen LogP contribution in [0.1, 0.15) is 56.1 Å². The first-order chi connectivity index (χ1) is 14.6. The fourth-order valence-electron chi connectivity index (χ4n) is 4.24. The van der Waals surface area contributed by atoms with Crippen molar-refractivity contribution in [3.8, 4) is 0 Å². The van der Waals surface area contributed by atoms with Crippen LogP contribution in [-0.4, -0.2) is 61.9 Å². The molecule has 0 unspecified atom stereocenters. The van der Waals surface area contributed by atoms with Gasteiger partial charge in [-0.1, -0.05) is 43.5 Å². The van der Waals surface area contributed by atoms with E-state index < -0.39 is 0 Å². The third kappa shape index (κ3) is 7.63. The molecular formula is C24H39N5O. The highest BCUT2D eigenvalue weighted by Crippen LogP contribution is 2.22. The van der Waals surface area contributed by atoms with Gasteiger partial charge in [-0.15, -0.1) is 0 Å². The number of amides is 1. The molecule has 0 atom stereocenters. The second kappa shape index (κ2) is 11.9. The molecule has 1 saturated heterocycles. The van der Waals surface area contributed by atoms with E-state index in [-0.39, 0.29) is 12.5 Å². The van der Waals surface area contributed by atoms with E-state index >= 15 is 0 Å². The standard InChI is InChI=1S/C24H39N5O/c1-28(2)23(30)18-27-24(25-16-20-8-4-3-5-9-20)26-17-21-10-12-22(13-11-21)19-29-14-6-7-15-29/h10-13,20H,3-9,14-19H2,1-2H3,(H2,25,26,27). The summed E-state index contributed by atoms with van der Waals surface area (Å²) >= 11 is 0. The maximum atomic E-state index is 12.0. The second-order valence-corrected chi connectivity index (χ2v) is 8.99. The normalized spacial score (nSPS) is 18.4. The van der Waals surface area contributed by atoms with Crippen LogP contribution < -0.4 is 10.6 Å². The van der Waals surface area contributed by atoms with Gasteiger partial charge in [0.25, 0.3) is 0 Å². The molecule has 6 nitrogen and oxygen atoms in total. The number of likely N-dealkylation sites (tertiary alicyclic amines) is 1. The topological polar surface area (TPSA) is 60.0 Å². The Balaban J connectivity index is 1.54. The summed E-state index contributed by atoms with van der Waals surface area (Å²) in [7, 11) is 3.56. The summed E-state index contributed by atoms with van der Waals surface area (Å²) in [5.74, 6) is 1.49. The Kier molecular flexibility index (Phi) is 9.00. The lowest BCUT2D eigenvalue weighted by Crippen LogP contribution is -2.44. The molecule has 1 aromatic rings. The van der Waals surface area contributed by atoms with Crippen LogP contribution in [0.2, 0.25) is 0 Å². The molecule has 166 valence electrons. The zero-order chi connectivity index (χ0) is 21.2. The number of nitrogens with one attached hydrogen (secondary N) is 2. The zero-order valence-electron chi connectivity index (χ0n) is 18.8. The third-order valence-electron chi connectivity index (χ3n) is 6.24. The molecule has 3 rings (SSSR count). The van der Waals surface area contributed by atoms with Crippen molar-refractivity contribution in [2.75, 3.05) is 40.3 Å². The van der Waals surface area contributed by atoms with Gasteiger partial charge in [0, 0.05) is 27.2 Å². The highest BCUT2D eigenvalue weighted by Gasteiger charge is 2.14. The van der Waals surface area contributed by atoms with Crippen molar-refractivity contribution in [1.29, 1.82) is 0 Å².